The molecule has 1 aromatic carbocycles. The summed E-state index contributed by atoms with van der Waals surface area (Å²) >= 11 is 0. The number of anilines is 1. The largest absolute Gasteiger partial charge is 0.338 e. The Labute approximate surface area is 156 Å². The van der Waals surface area contributed by atoms with Gasteiger partial charge in [0.25, 0.3) is 0 Å². The molecule has 1 heterocycles. The number of nitrogens with zero attached hydrogens (tertiary/aromatic N) is 1. The van der Waals surface area contributed by atoms with Gasteiger partial charge in [-0.25, -0.2) is 4.79 Å². The van der Waals surface area contributed by atoms with Crippen molar-refractivity contribution in [1.29, 1.82) is 0 Å². The van der Waals surface area contributed by atoms with E-state index in [9.17, 15) is 9.59 Å². The van der Waals surface area contributed by atoms with Crippen LogP contribution in [-0.2, 0) is 11.3 Å². The fourth-order valence-corrected chi connectivity index (χ4v) is 3.07. The number of benzene rings is 1. The van der Waals surface area contributed by atoms with Crippen LogP contribution in [0.4, 0.5) is 10.5 Å². The number of carbonyl (C=O) groups excluding carboxylic acids is 2. The molecule has 3 N–H and O–H groups in total. The van der Waals surface area contributed by atoms with Crippen LogP contribution in [0.25, 0.3) is 0 Å². The van der Waals surface area contributed by atoms with Gasteiger partial charge in [-0.15, -0.1) is 0 Å². The van der Waals surface area contributed by atoms with E-state index < -0.39 is 0 Å². The Morgan fingerprint density at radius 2 is 2.04 bits per heavy atom. The molecule has 2 rings (SSSR count). The monoisotopic (exact) mass is 360 g/mol. The van der Waals surface area contributed by atoms with Gasteiger partial charge in [-0.05, 0) is 36.9 Å². The summed E-state index contributed by atoms with van der Waals surface area (Å²) < 4.78 is 0. The molecule has 0 aromatic heterocycles. The quantitative estimate of drug-likeness (QED) is 0.700. The molecular weight excluding hydrogens is 328 g/mol. The fraction of sp³-hybridized carbons (Fsp3) is 0.600. The second-order valence-electron chi connectivity index (χ2n) is 7.29. The summed E-state index contributed by atoms with van der Waals surface area (Å²) in [5.74, 6) is 0.243. The Kier molecular flexibility index (Phi) is 7.91. The fourth-order valence-electron chi connectivity index (χ4n) is 3.07. The maximum atomic E-state index is 12.7. The number of rotatable bonds is 7. The average Bonchev–Trinajstić information content (AvgIpc) is 2.65. The third-order valence-corrected chi connectivity index (χ3v) is 4.58. The van der Waals surface area contributed by atoms with Crippen molar-refractivity contribution in [2.45, 2.75) is 40.2 Å². The summed E-state index contributed by atoms with van der Waals surface area (Å²) in [5.41, 5.74) is 1.92. The van der Waals surface area contributed by atoms with Gasteiger partial charge < -0.3 is 20.9 Å². The van der Waals surface area contributed by atoms with Gasteiger partial charge >= 0.3 is 6.03 Å². The summed E-state index contributed by atoms with van der Waals surface area (Å²) in [5, 5.41) is 9.29. The van der Waals surface area contributed by atoms with Crippen molar-refractivity contribution in [3.63, 3.8) is 0 Å². The SMILES string of the molecule is CCNCc1ccccc1NC(=O)C1CCCN(C(=O)NCC(C)C)C1. The topological polar surface area (TPSA) is 73.5 Å². The van der Waals surface area contributed by atoms with Crippen molar-refractivity contribution in [3.8, 4) is 0 Å². The van der Waals surface area contributed by atoms with Gasteiger partial charge in [0.1, 0.15) is 0 Å². The van der Waals surface area contributed by atoms with Crippen LogP contribution in [-0.4, -0.2) is 43.0 Å². The first-order valence-electron chi connectivity index (χ1n) is 9.63. The molecule has 0 bridgehead atoms. The summed E-state index contributed by atoms with van der Waals surface area (Å²) in [7, 11) is 0. The van der Waals surface area contributed by atoms with Crippen LogP contribution in [0.2, 0.25) is 0 Å². The number of carbonyl (C=O) groups is 2. The third kappa shape index (κ3) is 6.02. The summed E-state index contributed by atoms with van der Waals surface area (Å²) in [6.07, 6.45) is 1.67. The number of hydrogen-bond acceptors (Lipinski definition) is 3. The molecule has 1 atom stereocenters. The number of hydrogen-bond donors (Lipinski definition) is 3. The highest BCUT2D eigenvalue weighted by Crippen LogP contribution is 2.21. The molecule has 144 valence electrons. The van der Waals surface area contributed by atoms with Crippen molar-refractivity contribution in [2.75, 3.05) is 31.5 Å². The standard InChI is InChI=1S/C20H32N4O2/c1-4-21-13-16-8-5-6-10-18(16)23-19(25)17-9-7-11-24(14-17)20(26)22-12-15(2)3/h5-6,8,10,15,17,21H,4,7,9,11-14H2,1-3H3,(H,22,26)(H,23,25). The highest BCUT2D eigenvalue weighted by atomic mass is 16.2. The zero-order valence-electron chi connectivity index (χ0n) is 16.2. The molecular formula is C20H32N4O2. The molecule has 1 saturated heterocycles. The predicted molar refractivity (Wildman–Crippen MR) is 105 cm³/mol. The molecule has 1 unspecified atom stereocenters. The van der Waals surface area contributed by atoms with Crippen LogP contribution < -0.4 is 16.0 Å². The molecule has 1 aliphatic rings. The molecule has 0 spiro atoms. The first kappa shape index (κ1) is 20.2. The number of amides is 3. The molecule has 0 saturated carbocycles. The lowest BCUT2D eigenvalue weighted by Crippen LogP contribution is -2.48. The summed E-state index contributed by atoms with van der Waals surface area (Å²) in [6, 6.07) is 7.79. The Bertz CT molecular complexity index is 603. The summed E-state index contributed by atoms with van der Waals surface area (Å²) in [6.45, 7) is 9.64. The highest BCUT2D eigenvalue weighted by molar-refractivity contribution is 5.93. The first-order valence-corrected chi connectivity index (χ1v) is 9.63. The van der Waals surface area contributed by atoms with E-state index in [1.54, 1.807) is 4.90 Å². The van der Waals surface area contributed by atoms with E-state index in [0.717, 1.165) is 37.2 Å². The maximum Gasteiger partial charge on any atom is 0.317 e. The van der Waals surface area contributed by atoms with Crippen LogP contribution >= 0.6 is 0 Å². The van der Waals surface area contributed by atoms with E-state index in [4.69, 9.17) is 0 Å². The number of para-hydroxylation sites is 1. The van der Waals surface area contributed by atoms with Crippen molar-refractivity contribution >= 4 is 17.6 Å². The number of piperidine rings is 1. The molecule has 6 heteroatoms. The number of nitrogens with one attached hydrogen (secondary N) is 3. The van der Waals surface area contributed by atoms with Gasteiger partial charge in [-0.1, -0.05) is 39.0 Å². The van der Waals surface area contributed by atoms with Crippen LogP contribution in [0, 0.1) is 11.8 Å². The highest BCUT2D eigenvalue weighted by Gasteiger charge is 2.28. The van der Waals surface area contributed by atoms with Gasteiger partial charge in [0.15, 0.2) is 0 Å². The molecule has 6 nitrogen and oxygen atoms in total. The second kappa shape index (κ2) is 10.2. The number of urea groups is 1. The van der Waals surface area contributed by atoms with Crippen LogP contribution in [0.5, 0.6) is 0 Å². The van der Waals surface area contributed by atoms with Crippen LogP contribution in [0.1, 0.15) is 39.2 Å². The lowest BCUT2D eigenvalue weighted by molar-refractivity contribution is -0.121. The number of likely N-dealkylation sites (tertiary alicyclic amines) is 1. The summed E-state index contributed by atoms with van der Waals surface area (Å²) in [4.78, 5) is 26.8. The van der Waals surface area contributed by atoms with Crippen molar-refractivity contribution in [1.82, 2.24) is 15.5 Å². The molecule has 0 aliphatic carbocycles. The zero-order chi connectivity index (χ0) is 18.9. The van der Waals surface area contributed by atoms with Crippen molar-refractivity contribution < 1.29 is 9.59 Å². The minimum Gasteiger partial charge on any atom is -0.338 e. The normalized spacial score (nSPS) is 17.2. The minimum atomic E-state index is -0.166. The van der Waals surface area contributed by atoms with Gasteiger partial charge in [0, 0.05) is 31.9 Å². The molecule has 1 aliphatic heterocycles. The Hall–Kier alpha value is -2.08. The van der Waals surface area contributed by atoms with Crippen molar-refractivity contribution in [2.24, 2.45) is 11.8 Å². The molecule has 26 heavy (non-hydrogen) atoms. The lowest BCUT2D eigenvalue weighted by Gasteiger charge is -2.32. The second-order valence-corrected chi connectivity index (χ2v) is 7.29. The molecule has 1 aromatic rings. The molecule has 1 fully saturated rings. The van der Waals surface area contributed by atoms with Gasteiger partial charge in [-0.3, -0.25) is 4.79 Å². The van der Waals surface area contributed by atoms with E-state index in [1.807, 2.05) is 24.3 Å². The van der Waals surface area contributed by atoms with Gasteiger partial charge in [-0.2, -0.15) is 0 Å². The lowest BCUT2D eigenvalue weighted by atomic mass is 9.97. The van der Waals surface area contributed by atoms with Crippen molar-refractivity contribution in [3.05, 3.63) is 29.8 Å². The zero-order valence-corrected chi connectivity index (χ0v) is 16.2. The van der Waals surface area contributed by atoms with E-state index in [2.05, 4.69) is 36.7 Å². The smallest absolute Gasteiger partial charge is 0.317 e. The van der Waals surface area contributed by atoms with Crippen LogP contribution in [0.3, 0.4) is 0 Å². The van der Waals surface area contributed by atoms with Gasteiger partial charge in [0.2, 0.25) is 5.91 Å². The molecule has 3 amide bonds. The third-order valence-electron chi connectivity index (χ3n) is 4.58. The minimum absolute atomic E-state index is 0.00434. The van der Waals surface area contributed by atoms with Crippen LogP contribution in [0.15, 0.2) is 24.3 Å². The predicted octanol–water partition coefficient (Wildman–Crippen LogP) is 2.81. The first-order chi connectivity index (χ1) is 12.5. The average molecular weight is 361 g/mol. The van der Waals surface area contributed by atoms with E-state index >= 15 is 0 Å². The Balaban J connectivity index is 1.94. The van der Waals surface area contributed by atoms with E-state index in [1.165, 1.54) is 0 Å². The van der Waals surface area contributed by atoms with E-state index in [-0.39, 0.29) is 17.9 Å². The van der Waals surface area contributed by atoms with Gasteiger partial charge in [0.05, 0.1) is 5.92 Å². The van der Waals surface area contributed by atoms with E-state index in [0.29, 0.717) is 25.6 Å². The Morgan fingerprint density at radius 3 is 2.77 bits per heavy atom. The molecule has 0 radical (unpaired) electrons. The maximum absolute atomic E-state index is 12.7. The Morgan fingerprint density at radius 1 is 1.27 bits per heavy atom.